The van der Waals surface area contributed by atoms with Gasteiger partial charge in [-0.15, -0.1) is 22.7 Å². The number of allylic oxidation sites excluding steroid dienone is 4. The van der Waals surface area contributed by atoms with Gasteiger partial charge in [0.1, 0.15) is 46.1 Å². The van der Waals surface area contributed by atoms with Crippen LogP contribution in [0, 0.1) is 36.5 Å². The van der Waals surface area contributed by atoms with Gasteiger partial charge in [-0.25, -0.2) is 31.6 Å². The van der Waals surface area contributed by atoms with Crippen LogP contribution in [0.4, 0.5) is 0 Å². The minimum atomic E-state index is -3.87. The van der Waals surface area contributed by atoms with Crippen molar-refractivity contribution >= 4 is 112 Å². The van der Waals surface area contributed by atoms with Crippen molar-refractivity contribution < 1.29 is 116 Å². The van der Waals surface area contributed by atoms with E-state index in [2.05, 4.69) is 20.5 Å². The summed E-state index contributed by atoms with van der Waals surface area (Å²) >= 11 is 2.53. The Morgan fingerprint density at radius 3 is 1.41 bits per heavy atom. The van der Waals surface area contributed by atoms with Crippen LogP contribution >= 0.6 is 22.7 Å². The number of carboxylic acid groups (broad SMARTS) is 1. The molecule has 4 aliphatic heterocycles. The van der Waals surface area contributed by atoms with Crippen molar-refractivity contribution in [2.75, 3.05) is 41.5 Å². The van der Waals surface area contributed by atoms with Gasteiger partial charge in [-0.3, -0.25) is 43.0 Å². The number of rotatable bonds is 23. The summed E-state index contributed by atoms with van der Waals surface area (Å²) < 4.78 is 103. The monoisotopic (exact) mass is 1790 g/mol. The second-order valence-corrected chi connectivity index (χ2v) is 39.2. The molecule has 5 amide bonds. The summed E-state index contributed by atoms with van der Waals surface area (Å²) in [5.41, 5.74) is 4.61. The highest BCUT2D eigenvalue weighted by molar-refractivity contribution is 7.91. The molecular weight excluding hydrogens is 1670 g/mol. The molecule has 10 atom stereocenters. The van der Waals surface area contributed by atoms with Crippen LogP contribution in [0.5, 0.6) is 34.8 Å². The van der Waals surface area contributed by atoms with E-state index in [0.717, 1.165) is 71.2 Å². The van der Waals surface area contributed by atoms with E-state index < -0.39 is 107 Å². The van der Waals surface area contributed by atoms with Gasteiger partial charge in [-0.2, -0.15) is 0 Å². The second kappa shape index (κ2) is 41.8. The maximum Gasteiger partial charge on any atom is 0.345 e. The molecule has 7 N–H and O–H groups in total. The van der Waals surface area contributed by atoms with Gasteiger partial charge in [0.05, 0.1) is 102 Å². The van der Waals surface area contributed by atoms with Crippen LogP contribution in [0.2, 0.25) is 0 Å². The Kier molecular flexibility index (Phi) is 33.2. The molecule has 0 unspecified atom stereocenters. The number of ether oxygens (including phenoxy) is 8. The third kappa shape index (κ3) is 23.2. The molecule has 6 aromatic rings. The Bertz CT molecular complexity index is 5090. The summed E-state index contributed by atoms with van der Waals surface area (Å²) in [4.78, 5) is 125. The lowest BCUT2D eigenvalue weighted by molar-refractivity contribution is -0.407. The number of hydrogen-bond acceptors (Lipinski definition) is 24. The normalized spacial score (nSPS) is 24.8. The van der Waals surface area contributed by atoms with E-state index in [0.29, 0.717) is 132 Å². The van der Waals surface area contributed by atoms with Crippen LogP contribution < -0.4 is 61.3 Å². The van der Waals surface area contributed by atoms with Gasteiger partial charge in [0, 0.05) is 90.1 Å². The number of hydrogen-bond donors (Lipinski definition) is 5. The molecule has 8 heterocycles. The van der Waals surface area contributed by atoms with Crippen LogP contribution in [0.1, 0.15) is 211 Å². The molecule has 0 spiro atoms. The molecule has 29 nitrogen and oxygen atoms in total. The highest BCUT2D eigenvalue weighted by Gasteiger charge is 2.63. The number of methoxy groups -OCH3 is 4. The summed E-state index contributed by atoms with van der Waals surface area (Å²) in [5.74, 6) is -1.45. The van der Waals surface area contributed by atoms with E-state index in [1.54, 1.807) is 63.7 Å². The zero-order chi connectivity index (χ0) is 85.4. The minimum absolute atomic E-state index is 0. The number of nitrogens with zero attached hydrogens (tertiary/aromatic N) is 4. The lowest BCUT2D eigenvalue weighted by atomic mass is 9.91. The first-order valence-corrected chi connectivity index (χ1v) is 45.8. The van der Waals surface area contributed by atoms with Gasteiger partial charge in [0.15, 0.2) is 17.6 Å². The van der Waals surface area contributed by atoms with Crippen LogP contribution in [-0.4, -0.2) is 189 Å². The predicted molar refractivity (Wildman–Crippen MR) is 460 cm³/mol. The van der Waals surface area contributed by atoms with Crippen molar-refractivity contribution in [2.45, 2.75) is 257 Å². The number of benzene rings is 2. The number of ketones is 2. The van der Waals surface area contributed by atoms with Gasteiger partial charge in [0.25, 0.3) is 11.8 Å². The Labute approximate surface area is 729 Å². The van der Waals surface area contributed by atoms with Crippen LogP contribution in [0.25, 0.3) is 21.8 Å². The average molecular weight is 1790 g/mol. The topological polar surface area (TPSA) is 395 Å². The number of quaternary nitrogens is 1. The number of pyridine rings is 2. The number of aromatic carboxylic acids is 1. The second-order valence-electron chi connectivity index (χ2n) is 32.9. The fraction of sp³-hybridized carbons (Fsp3) is 0.568. The molecule has 4 aliphatic carbocycles. The van der Waals surface area contributed by atoms with Gasteiger partial charge in [0.2, 0.25) is 49.5 Å². The third-order valence-electron chi connectivity index (χ3n) is 23.2. The van der Waals surface area contributed by atoms with Crippen LogP contribution in [0.15, 0.2) is 85.0 Å². The number of aryl methyl sites for hydroxylation is 2. The van der Waals surface area contributed by atoms with E-state index in [1.807, 2.05) is 96.2 Å². The summed E-state index contributed by atoms with van der Waals surface area (Å²) in [6.45, 7) is 12.4. The van der Waals surface area contributed by atoms with E-state index >= 15 is 0 Å². The number of carboxylic acids is 1. The molecule has 2 saturated heterocycles. The molecule has 6 fully saturated rings. The Morgan fingerprint density at radius 1 is 0.574 bits per heavy atom. The van der Waals surface area contributed by atoms with Crippen molar-refractivity contribution in [3.63, 3.8) is 0 Å². The smallest absolute Gasteiger partial charge is 0.345 e. The van der Waals surface area contributed by atoms with Crippen molar-refractivity contribution in [1.29, 1.82) is 0 Å². The molecule has 2 aromatic carbocycles. The highest BCUT2D eigenvalue weighted by atomic mass is 35.5. The van der Waals surface area contributed by atoms with E-state index in [9.17, 15) is 55.2 Å². The summed E-state index contributed by atoms with van der Waals surface area (Å²) in [6, 6.07) is 14.4. The van der Waals surface area contributed by atoms with Gasteiger partial charge in [-0.1, -0.05) is 58.4 Å². The number of fused-ring (bicyclic) bond motifs is 6. The lowest BCUT2D eigenvalue weighted by Crippen LogP contribution is -3.00. The number of nitrogens with one attached hydrogen (secondary N) is 3. The van der Waals surface area contributed by atoms with Crippen LogP contribution in [0.3, 0.4) is 0 Å². The number of halogens is 1. The molecule has 14 rings (SSSR count). The first kappa shape index (κ1) is 97.0. The number of amides is 5. The first-order valence-electron chi connectivity index (χ1n) is 41.1. The Morgan fingerprint density at radius 2 is 1.00 bits per heavy atom. The molecule has 668 valence electrons. The third-order valence-corrected chi connectivity index (χ3v) is 28.9. The van der Waals surface area contributed by atoms with Crippen molar-refractivity contribution in [2.24, 2.45) is 22.7 Å². The summed E-state index contributed by atoms with van der Waals surface area (Å²) in [7, 11) is -1.32. The standard InChI is InChI=1S/C43H54N4O10S2.C36H48N4O8S.C7H8O3S.2CH4.ClH/c1-25(2)56-38-20-36(31-16-17-35(55-5)26(3)39(31)45-38)57-28-19-33-34(48)22-43(42(51)46-59(52,53)30-14-15-30)21-27(43)11-9-7-6-8-10-12-32(41(50)47(33)23-28)44-40(49)37-18-13-29(58-37)24-54-4;1-21(2)47-32-17-31(26-14-15-30(46-4)22(3)33(26)38-32)48-24-16-28-29(41)19-36(35(43)39-49(44,45)25-12-13-25)18-23(36)10-8-6-5-7-9-11-27(37)34(42)40(28)20-24;1-10-4-5-2-3-6(11-5)7(8)9;;;/h9,11,13,16-18,20,25,27-28,30,32-33H,6-8,10,12,14-15,19,21-24H2,1-5H3,(H,44,49)(H,46,51);8,10,14-15,17,21,23-25,27-28H,5-7,9,11-13,16,18-20,37H2,1-4H3,(H,39,43);2-3H,4H2,1H3,(H,8,9);2*1H4;1H/b11-9-;10-8-;;;;/t27-,28-,32+,33+,43-;23-,24-,27+,28+,36-;;;;/m11..../s1. The molecule has 4 saturated carbocycles. The molecule has 122 heavy (non-hydrogen) atoms. The quantitative estimate of drug-likeness (QED) is 0.0373. The van der Waals surface area contributed by atoms with E-state index in [-0.39, 0.29) is 108 Å². The number of thiophene rings is 2. The molecular formula is C88H119ClN8O21S4. The largest absolute Gasteiger partial charge is 1.00 e. The van der Waals surface area contributed by atoms with E-state index in [1.165, 1.54) is 27.6 Å². The molecule has 4 aromatic heterocycles. The molecule has 8 aliphatic rings. The van der Waals surface area contributed by atoms with Gasteiger partial charge in [-0.05, 0) is 179 Å². The number of Topliss-reactive ketones (excluding diaryl/α,β-unsaturated/α-hetero) is 2. The van der Waals surface area contributed by atoms with Gasteiger partial charge < -0.3 is 76.3 Å². The first-order chi connectivity index (χ1) is 56.8. The zero-order valence-electron chi connectivity index (χ0n) is 69.6. The lowest BCUT2D eigenvalue weighted by Gasteiger charge is -2.29. The maximum absolute atomic E-state index is 14.8. The summed E-state index contributed by atoms with van der Waals surface area (Å²) in [5, 5.41) is 11.8. The van der Waals surface area contributed by atoms with E-state index in [4.69, 9.17) is 53.0 Å². The Balaban J connectivity index is 0.000000243. The van der Waals surface area contributed by atoms with Crippen molar-refractivity contribution in [3.05, 3.63) is 116 Å². The predicted octanol–water partition coefficient (Wildman–Crippen LogP) is 9.05. The minimum Gasteiger partial charge on any atom is -1.00 e. The van der Waals surface area contributed by atoms with Gasteiger partial charge >= 0.3 is 5.97 Å². The highest BCUT2D eigenvalue weighted by Crippen LogP contribution is 2.59. The average Bonchev–Trinajstić information content (AvgIpc) is 1.57. The number of sulfonamides is 2. The molecule has 0 bridgehead atoms. The molecule has 34 heteroatoms. The maximum atomic E-state index is 14.8. The zero-order valence-corrected chi connectivity index (χ0v) is 73.6. The Hall–Kier alpha value is -8.83. The summed E-state index contributed by atoms with van der Waals surface area (Å²) in [6.07, 6.45) is 16.4. The number of carbonyl (C=O) groups is 8. The molecule has 0 radical (unpaired) electrons. The van der Waals surface area contributed by atoms with Crippen LogP contribution in [-0.2, 0) is 71.5 Å². The SMILES string of the molecule is C.C.COCc1ccc(C(=O)N[C@H]2CCCCC/C=C\[C@@H]3C[C@@]3(C(=O)NS(=O)(=O)C3CC3)CC(=O)[C@@H]3C[C@@H](Oc4cc(OC(C)C)nc5c(C)c(OC)ccc45)CN3C2=O)s1.COCc1ccc(C(=O)O)s1.COc1ccc2c(O[C@@H]3C[C@H]4C(=O)C[C@]5(C(=O)NS(=O)(=O)C6CC6)C[C@H]5/C=C\CCCCC[C@H]([NH3+])C(=O)N4C3)cc(OC(C)C)nc2c1C.[Cl-]. The fourth-order valence-corrected chi connectivity index (χ4v) is 20.8. The number of carbonyl (C=O) groups excluding carboxylic acids is 7. The fourth-order valence-electron chi connectivity index (χ4n) is 16.3. The van der Waals surface area contributed by atoms with Crippen molar-refractivity contribution in [1.82, 2.24) is 34.5 Å². The van der Waals surface area contributed by atoms with Crippen molar-refractivity contribution in [3.8, 4) is 34.8 Å². The number of aromatic nitrogens is 2.